The molecule has 0 bridgehead atoms. The van der Waals surface area contributed by atoms with Crippen molar-refractivity contribution in [2.75, 3.05) is 38.7 Å². The van der Waals surface area contributed by atoms with Crippen LogP contribution in [0.15, 0.2) is 41.9 Å². The van der Waals surface area contributed by atoms with Crippen LogP contribution in [0, 0.1) is 0 Å². The minimum atomic E-state index is -0.0563. The number of fused-ring (bicyclic) bond motifs is 2. The summed E-state index contributed by atoms with van der Waals surface area (Å²) in [6.45, 7) is 3.82. The van der Waals surface area contributed by atoms with Gasteiger partial charge in [0.15, 0.2) is 5.13 Å². The molecule has 2 aromatic heterocycles. The van der Waals surface area contributed by atoms with E-state index in [0.717, 1.165) is 32.7 Å². The van der Waals surface area contributed by atoms with Gasteiger partial charge in [0.1, 0.15) is 11.3 Å². The molecule has 4 aromatic rings. The molecule has 8 heteroatoms. The van der Waals surface area contributed by atoms with Crippen molar-refractivity contribution in [1.82, 2.24) is 14.9 Å². The van der Waals surface area contributed by atoms with Gasteiger partial charge in [-0.2, -0.15) is 0 Å². The maximum absolute atomic E-state index is 13.4. The fourth-order valence-electron chi connectivity index (χ4n) is 3.03. The van der Waals surface area contributed by atoms with E-state index in [9.17, 15) is 4.79 Å². The van der Waals surface area contributed by atoms with Crippen molar-refractivity contribution in [2.45, 2.75) is 6.92 Å². The molecule has 0 N–H and O–H groups in total. The van der Waals surface area contributed by atoms with Crippen LogP contribution >= 0.6 is 22.7 Å². The molecule has 29 heavy (non-hydrogen) atoms. The van der Waals surface area contributed by atoms with E-state index in [4.69, 9.17) is 9.72 Å². The number of likely N-dealkylation sites (N-methyl/N-ethyl adjacent to an activating group) is 1. The standard InChI is InChI=1S/C21H22N4O2S2/c1-4-27-16-6-5-7-17-19(16)23-21(29-17)25(11-10-24(2)3)20(26)14-8-9-15-18(12-14)28-13-22-15/h5-9,12-13H,4,10-11H2,1-3H3. The maximum Gasteiger partial charge on any atom is 0.260 e. The average Bonchev–Trinajstić information content (AvgIpc) is 3.34. The van der Waals surface area contributed by atoms with Crippen LogP contribution in [0.3, 0.4) is 0 Å². The number of ether oxygens (including phenoxy) is 1. The van der Waals surface area contributed by atoms with Gasteiger partial charge in [0.2, 0.25) is 0 Å². The number of hydrogen-bond acceptors (Lipinski definition) is 7. The Bertz CT molecular complexity index is 1150. The first-order chi connectivity index (χ1) is 14.1. The molecule has 6 nitrogen and oxygen atoms in total. The van der Waals surface area contributed by atoms with Crippen LogP contribution in [0.25, 0.3) is 20.4 Å². The first kappa shape index (κ1) is 19.8. The van der Waals surface area contributed by atoms with Crippen LogP contribution in [0.2, 0.25) is 0 Å². The van der Waals surface area contributed by atoms with Gasteiger partial charge in [-0.3, -0.25) is 9.69 Å². The second-order valence-corrected chi connectivity index (χ2v) is 8.72. The van der Waals surface area contributed by atoms with Crippen molar-refractivity contribution in [3.8, 4) is 5.75 Å². The number of carbonyl (C=O) groups excluding carboxylic acids is 1. The second-order valence-electron chi connectivity index (χ2n) is 6.83. The van der Waals surface area contributed by atoms with E-state index in [-0.39, 0.29) is 5.91 Å². The molecule has 150 valence electrons. The zero-order chi connectivity index (χ0) is 20.4. The maximum atomic E-state index is 13.4. The fraction of sp³-hybridized carbons (Fsp3) is 0.286. The zero-order valence-corrected chi connectivity index (χ0v) is 18.2. The van der Waals surface area contributed by atoms with Gasteiger partial charge in [0, 0.05) is 18.7 Å². The van der Waals surface area contributed by atoms with E-state index >= 15 is 0 Å². The highest BCUT2D eigenvalue weighted by atomic mass is 32.1. The molecule has 0 saturated carbocycles. The van der Waals surface area contributed by atoms with E-state index in [2.05, 4.69) is 9.88 Å². The Labute approximate surface area is 177 Å². The van der Waals surface area contributed by atoms with Gasteiger partial charge < -0.3 is 9.64 Å². The van der Waals surface area contributed by atoms with E-state index in [1.807, 2.05) is 57.4 Å². The Balaban J connectivity index is 1.73. The number of anilines is 1. The third kappa shape index (κ3) is 4.10. The van der Waals surface area contributed by atoms with Gasteiger partial charge in [0.05, 0.1) is 27.0 Å². The van der Waals surface area contributed by atoms with Crippen molar-refractivity contribution < 1.29 is 9.53 Å². The predicted molar refractivity (Wildman–Crippen MR) is 121 cm³/mol. The third-order valence-corrected chi connectivity index (χ3v) is 6.33. The number of para-hydroxylation sites is 1. The smallest absolute Gasteiger partial charge is 0.260 e. The lowest BCUT2D eigenvalue weighted by Crippen LogP contribution is -2.36. The van der Waals surface area contributed by atoms with E-state index in [1.54, 1.807) is 10.4 Å². The van der Waals surface area contributed by atoms with Gasteiger partial charge >= 0.3 is 0 Å². The summed E-state index contributed by atoms with van der Waals surface area (Å²) >= 11 is 3.05. The average molecular weight is 427 g/mol. The third-order valence-electron chi connectivity index (χ3n) is 4.50. The van der Waals surface area contributed by atoms with Crippen LogP contribution < -0.4 is 9.64 Å². The highest BCUT2D eigenvalue weighted by Crippen LogP contribution is 2.35. The molecular formula is C21H22N4O2S2. The van der Waals surface area contributed by atoms with Crippen molar-refractivity contribution in [2.24, 2.45) is 0 Å². The number of rotatable bonds is 7. The Kier molecular flexibility index (Phi) is 5.75. The summed E-state index contributed by atoms with van der Waals surface area (Å²) in [7, 11) is 4.00. The number of thiazole rings is 2. The Morgan fingerprint density at radius 1 is 1.14 bits per heavy atom. The monoisotopic (exact) mass is 426 g/mol. The van der Waals surface area contributed by atoms with Gasteiger partial charge in [-0.05, 0) is 51.4 Å². The van der Waals surface area contributed by atoms with Crippen LogP contribution in [0.1, 0.15) is 17.3 Å². The van der Waals surface area contributed by atoms with Gasteiger partial charge in [0.25, 0.3) is 5.91 Å². The minimum Gasteiger partial charge on any atom is -0.492 e. The molecule has 2 aromatic carbocycles. The first-order valence-electron chi connectivity index (χ1n) is 9.39. The van der Waals surface area contributed by atoms with Crippen LogP contribution in [0.5, 0.6) is 5.75 Å². The molecular weight excluding hydrogens is 404 g/mol. The Morgan fingerprint density at radius 3 is 2.79 bits per heavy atom. The molecule has 0 aliphatic carbocycles. The van der Waals surface area contributed by atoms with Crippen LogP contribution in [-0.4, -0.2) is 54.6 Å². The van der Waals surface area contributed by atoms with E-state index in [1.165, 1.54) is 22.7 Å². The second kappa shape index (κ2) is 8.44. The lowest BCUT2D eigenvalue weighted by atomic mass is 10.2. The summed E-state index contributed by atoms with van der Waals surface area (Å²) in [6, 6.07) is 11.5. The normalized spacial score (nSPS) is 11.4. The molecule has 0 aliphatic rings. The van der Waals surface area contributed by atoms with Crippen molar-refractivity contribution in [3.05, 3.63) is 47.5 Å². The molecule has 1 amide bonds. The first-order valence-corrected chi connectivity index (χ1v) is 11.1. The van der Waals surface area contributed by atoms with Crippen LogP contribution in [0.4, 0.5) is 5.13 Å². The molecule has 2 heterocycles. The van der Waals surface area contributed by atoms with Crippen molar-refractivity contribution in [1.29, 1.82) is 0 Å². The molecule has 0 fully saturated rings. The van der Waals surface area contributed by atoms with Crippen LogP contribution in [-0.2, 0) is 0 Å². The molecule has 0 spiro atoms. The molecule has 0 saturated heterocycles. The molecule has 0 unspecified atom stereocenters. The highest BCUT2D eigenvalue weighted by molar-refractivity contribution is 7.22. The van der Waals surface area contributed by atoms with Gasteiger partial charge in [-0.25, -0.2) is 9.97 Å². The summed E-state index contributed by atoms with van der Waals surface area (Å²) in [5.41, 5.74) is 4.15. The lowest BCUT2D eigenvalue weighted by Gasteiger charge is -2.22. The van der Waals surface area contributed by atoms with Gasteiger partial charge in [-0.1, -0.05) is 17.4 Å². The Hall–Kier alpha value is -2.55. The quantitative estimate of drug-likeness (QED) is 0.435. The summed E-state index contributed by atoms with van der Waals surface area (Å²) in [5.74, 6) is 0.692. The highest BCUT2D eigenvalue weighted by Gasteiger charge is 2.23. The Morgan fingerprint density at radius 2 is 2.00 bits per heavy atom. The molecule has 0 aliphatic heterocycles. The number of carbonyl (C=O) groups is 1. The predicted octanol–water partition coefficient (Wildman–Crippen LogP) is 4.51. The van der Waals surface area contributed by atoms with Crippen molar-refractivity contribution >= 4 is 54.1 Å². The SMILES string of the molecule is CCOc1cccc2sc(N(CCN(C)C)C(=O)c3ccc4ncsc4c3)nc12. The fourth-order valence-corrected chi connectivity index (χ4v) is 4.75. The zero-order valence-electron chi connectivity index (χ0n) is 16.6. The number of nitrogens with zero attached hydrogens (tertiary/aromatic N) is 4. The summed E-state index contributed by atoms with van der Waals surface area (Å²) < 4.78 is 7.73. The molecule has 4 rings (SSSR count). The van der Waals surface area contributed by atoms with Gasteiger partial charge in [-0.15, -0.1) is 11.3 Å². The largest absolute Gasteiger partial charge is 0.492 e. The summed E-state index contributed by atoms with van der Waals surface area (Å²) in [4.78, 5) is 26.3. The summed E-state index contributed by atoms with van der Waals surface area (Å²) in [5, 5.41) is 0.684. The molecule has 0 atom stereocenters. The minimum absolute atomic E-state index is 0.0563. The topological polar surface area (TPSA) is 58.6 Å². The summed E-state index contributed by atoms with van der Waals surface area (Å²) in [6.07, 6.45) is 0. The number of amides is 1. The number of aromatic nitrogens is 2. The van der Waals surface area contributed by atoms with E-state index in [0.29, 0.717) is 23.8 Å². The van der Waals surface area contributed by atoms with E-state index < -0.39 is 0 Å². The number of hydrogen-bond donors (Lipinski definition) is 0. The molecule has 0 radical (unpaired) electrons. The number of benzene rings is 2. The van der Waals surface area contributed by atoms with Crippen molar-refractivity contribution in [3.63, 3.8) is 0 Å². The lowest BCUT2D eigenvalue weighted by molar-refractivity contribution is 0.0985.